The van der Waals surface area contributed by atoms with Crippen molar-refractivity contribution in [2.24, 2.45) is 0 Å². The van der Waals surface area contributed by atoms with Gasteiger partial charge in [-0.15, -0.1) is 0 Å². The number of amides is 1. The first-order chi connectivity index (χ1) is 9.36. The Bertz CT molecular complexity index is 635. The van der Waals surface area contributed by atoms with Gasteiger partial charge in [0.25, 0.3) is 0 Å². The van der Waals surface area contributed by atoms with Crippen molar-refractivity contribution in [2.75, 3.05) is 6.54 Å². The van der Waals surface area contributed by atoms with E-state index in [2.05, 4.69) is 36.4 Å². The van der Waals surface area contributed by atoms with Crippen molar-refractivity contribution in [2.45, 2.75) is 18.4 Å². The smallest absolute Gasteiger partial charge is 0.233 e. The van der Waals surface area contributed by atoms with E-state index in [1.54, 1.807) is 0 Å². The first-order valence-corrected chi connectivity index (χ1v) is 6.79. The third-order valence-electron chi connectivity index (χ3n) is 4.36. The zero-order chi connectivity index (χ0) is 12.8. The third kappa shape index (κ3) is 1.46. The van der Waals surface area contributed by atoms with Gasteiger partial charge in [0.05, 0.1) is 12.0 Å². The summed E-state index contributed by atoms with van der Waals surface area (Å²) in [5.41, 5.74) is 3.88. The number of hydrogen-bond donors (Lipinski definition) is 0. The predicted molar refractivity (Wildman–Crippen MR) is 73.8 cm³/mol. The van der Waals surface area contributed by atoms with Gasteiger partial charge in [-0.05, 0) is 23.1 Å². The summed E-state index contributed by atoms with van der Waals surface area (Å²) in [5, 5.41) is 0. The molecule has 2 aromatic rings. The van der Waals surface area contributed by atoms with E-state index < -0.39 is 0 Å². The molecule has 2 unspecified atom stereocenters. The van der Waals surface area contributed by atoms with Crippen molar-refractivity contribution in [1.29, 1.82) is 0 Å². The second-order valence-corrected chi connectivity index (χ2v) is 5.31. The van der Waals surface area contributed by atoms with Gasteiger partial charge in [0.15, 0.2) is 0 Å². The molecular formula is C17H15NO. The largest absolute Gasteiger partial charge is 0.334 e. The van der Waals surface area contributed by atoms with E-state index in [1.165, 1.54) is 11.1 Å². The van der Waals surface area contributed by atoms with Crippen LogP contribution in [0.5, 0.6) is 0 Å². The fourth-order valence-electron chi connectivity index (χ4n) is 3.42. The van der Waals surface area contributed by atoms with E-state index in [9.17, 15) is 4.79 Å². The van der Waals surface area contributed by atoms with Gasteiger partial charge in [-0.1, -0.05) is 54.6 Å². The van der Waals surface area contributed by atoms with Gasteiger partial charge in [0.1, 0.15) is 0 Å². The molecule has 1 saturated heterocycles. The Balaban J connectivity index is 1.79. The molecule has 0 aliphatic carbocycles. The topological polar surface area (TPSA) is 20.3 Å². The standard InChI is InChI=1S/C17H15NO/c19-17-15(13-7-2-1-3-8-13)16-14-9-5-4-6-12(14)10-11-18(16)17/h1-9,15-16H,10-11H2. The van der Waals surface area contributed by atoms with Gasteiger partial charge in [-0.2, -0.15) is 0 Å². The van der Waals surface area contributed by atoms with E-state index in [0.29, 0.717) is 0 Å². The van der Waals surface area contributed by atoms with Crippen LogP contribution in [0.15, 0.2) is 54.6 Å². The molecule has 2 aliphatic rings. The van der Waals surface area contributed by atoms with E-state index in [1.807, 2.05) is 23.1 Å². The maximum atomic E-state index is 12.3. The Hall–Kier alpha value is -2.09. The molecular weight excluding hydrogens is 234 g/mol. The van der Waals surface area contributed by atoms with Gasteiger partial charge in [0.2, 0.25) is 5.91 Å². The van der Waals surface area contributed by atoms with Crippen LogP contribution in [0, 0.1) is 0 Å². The number of hydrogen-bond acceptors (Lipinski definition) is 1. The Morgan fingerprint density at radius 2 is 1.68 bits per heavy atom. The summed E-state index contributed by atoms with van der Waals surface area (Å²) < 4.78 is 0. The molecule has 2 aliphatic heterocycles. The zero-order valence-electron chi connectivity index (χ0n) is 10.6. The second kappa shape index (κ2) is 3.95. The molecule has 1 amide bonds. The van der Waals surface area contributed by atoms with Gasteiger partial charge in [0, 0.05) is 6.54 Å². The van der Waals surface area contributed by atoms with Crippen LogP contribution in [0.3, 0.4) is 0 Å². The lowest BCUT2D eigenvalue weighted by Gasteiger charge is -2.51. The normalized spacial score (nSPS) is 24.4. The van der Waals surface area contributed by atoms with Crippen LogP contribution < -0.4 is 0 Å². The van der Waals surface area contributed by atoms with Crippen molar-refractivity contribution >= 4 is 5.91 Å². The molecule has 1 fully saturated rings. The first-order valence-electron chi connectivity index (χ1n) is 6.79. The maximum Gasteiger partial charge on any atom is 0.233 e. The van der Waals surface area contributed by atoms with Gasteiger partial charge >= 0.3 is 0 Å². The van der Waals surface area contributed by atoms with Crippen LogP contribution in [-0.2, 0) is 11.2 Å². The van der Waals surface area contributed by atoms with Crippen LogP contribution in [-0.4, -0.2) is 17.4 Å². The average Bonchev–Trinajstić information content (AvgIpc) is 2.47. The average molecular weight is 249 g/mol. The number of rotatable bonds is 1. The minimum atomic E-state index is 0.0163. The molecule has 0 saturated carbocycles. The highest BCUT2D eigenvalue weighted by Gasteiger charge is 2.50. The fraction of sp³-hybridized carbons (Fsp3) is 0.235. The second-order valence-electron chi connectivity index (χ2n) is 5.31. The molecule has 0 N–H and O–H groups in total. The maximum absolute atomic E-state index is 12.3. The van der Waals surface area contributed by atoms with Crippen molar-refractivity contribution < 1.29 is 4.79 Å². The number of benzene rings is 2. The summed E-state index contributed by atoms with van der Waals surface area (Å²) in [7, 11) is 0. The summed E-state index contributed by atoms with van der Waals surface area (Å²) in [6, 6.07) is 18.9. The lowest BCUT2D eigenvalue weighted by atomic mass is 9.74. The number of β-lactam (4-membered cyclic amide) rings is 1. The monoisotopic (exact) mass is 249 g/mol. The van der Waals surface area contributed by atoms with Crippen molar-refractivity contribution in [1.82, 2.24) is 4.90 Å². The Morgan fingerprint density at radius 1 is 0.947 bits per heavy atom. The summed E-state index contributed by atoms with van der Waals surface area (Å²) in [6.45, 7) is 0.865. The number of fused-ring (bicyclic) bond motifs is 3. The molecule has 2 heterocycles. The SMILES string of the molecule is O=C1C(c2ccccc2)C2c3ccccc3CCN12. The molecule has 94 valence electrons. The minimum absolute atomic E-state index is 0.0163. The Morgan fingerprint density at radius 3 is 2.53 bits per heavy atom. The highest BCUT2D eigenvalue weighted by atomic mass is 16.2. The molecule has 0 aromatic heterocycles. The molecule has 19 heavy (non-hydrogen) atoms. The summed E-state index contributed by atoms with van der Waals surface area (Å²) in [6.07, 6.45) is 0.986. The van der Waals surface area contributed by atoms with Crippen molar-refractivity contribution in [3.05, 3.63) is 71.3 Å². The summed E-state index contributed by atoms with van der Waals surface area (Å²) in [5.74, 6) is 0.299. The Kier molecular flexibility index (Phi) is 2.25. The molecule has 2 nitrogen and oxygen atoms in total. The fourth-order valence-corrected chi connectivity index (χ4v) is 3.42. The molecule has 2 aromatic carbocycles. The zero-order valence-corrected chi connectivity index (χ0v) is 10.6. The highest BCUT2D eigenvalue weighted by Crippen LogP contribution is 2.49. The van der Waals surface area contributed by atoms with E-state index >= 15 is 0 Å². The van der Waals surface area contributed by atoms with Gasteiger partial charge in [-0.25, -0.2) is 0 Å². The first kappa shape index (κ1) is 10.8. The van der Waals surface area contributed by atoms with E-state index in [-0.39, 0.29) is 17.9 Å². The summed E-state index contributed by atoms with van der Waals surface area (Å²) in [4.78, 5) is 14.4. The van der Waals surface area contributed by atoms with Gasteiger partial charge in [-0.3, -0.25) is 4.79 Å². The van der Waals surface area contributed by atoms with Crippen LogP contribution in [0.25, 0.3) is 0 Å². The number of carbonyl (C=O) groups excluding carboxylic acids is 1. The van der Waals surface area contributed by atoms with E-state index in [4.69, 9.17) is 0 Å². The molecule has 2 heteroatoms. The van der Waals surface area contributed by atoms with Crippen molar-refractivity contribution in [3.63, 3.8) is 0 Å². The van der Waals surface area contributed by atoms with Crippen LogP contribution in [0.4, 0.5) is 0 Å². The minimum Gasteiger partial charge on any atom is -0.334 e. The van der Waals surface area contributed by atoms with Crippen LogP contribution in [0.1, 0.15) is 28.7 Å². The van der Waals surface area contributed by atoms with Crippen LogP contribution in [0.2, 0.25) is 0 Å². The van der Waals surface area contributed by atoms with Gasteiger partial charge < -0.3 is 4.90 Å². The summed E-state index contributed by atoms with van der Waals surface area (Å²) >= 11 is 0. The quantitative estimate of drug-likeness (QED) is 0.712. The molecule has 4 rings (SSSR count). The molecule has 0 radical (unpaired) electrons. The number of carbonyl (C=O) groups is 1. The van der Waals surface area contributed by atoms with E-state index in [0.717, 1.165) is 18.5 Å². The molecule has 0 bridgehead atoms. The third-order valence-corrected chi connectivity index (χ3v) is 4.36. The van der Waals surface area contributed by atoms with Crippen molar-refractivity contribution in [3.8, 4) is 0 Å². The van der Waals surface area contributed by atoms with Crippen LogP contribution >= 0.6 is 0 Å². The highest BCUT2D eigenvalue weighted by molar-refractivity contribution is 5.92. The number of nitrogens with zero attached hydrogens (tertiary/aromatic N) is 1. The Labute approximate surface area is 112 Å². The lowest BCUT2D eigenvalue weighted by Crippen LogP contribution is -2.56. The lowest BCUT2D eigenvalue weighted by molar-refractivity contribution is -0.151. The molecule has 2 atom stereocenters. The molecule has 0 spiro atoms. The predicted octanol–water partition coefficient (Wildman–Crippen LogP) is 2.91.